The first kappa shape index (κ1) is 19.3. The summed E-state index contributed by atoms with van der Waals surface area (Å²) in [5.41, 5.74) is 1.45. The van der Waals surface area contributed by atoms with Gasteiger partial charge in [0, 0.05) is 6.07 Å². The molecule has 1 heterocycles. The van der Waals surface area contributed by atoms with Gasteiger partial charge in [0.05, 0.1) is 27.9 Å². The summed E-state index contributed by atoms with van der Waals surface area (Å²) in [4.78, 5) is 21.9. The summed E-state index contributed by atoms with van der Waals surface area (Å²) in [7, 11) is 0. The van der Waals surface area contributed by atoms with E-state index in [4.69, 9.17) is 4.74 Å². The van der Waals surface area contributed by atoms with E-state index < -0.39 is 22.5 Å². The van der Waals surface area contributed by atoms with E-state index in [1.54, 1.807) is 18.2 Å². The van der Waals surface area contributed by atoms with Gasteiger partial charge >= 0.3 is 5.97 Å². The van der Waals surface area contributed by atoms with Crippen molar-refractivity contribution in [1.29, 1.82) is 0 Å². The first-order valence-corrected chi connectivity index (χ1v) is 8.89. The lowest BCUT2D eigenvalue weighted by molar-refractivity contribution is -0.384. The van der Waals surface area contributed by atoms with Crippen molar-refractivity contribution in [3.8, 4) is 11.5 Å². The van der Waals surface area contributed by atoms with Gasteiger partial charge in [-0.2, -0.15) is 0 Å². The van der Waals surface area contributed by atoms with Gasteiger partial charge in [-0.15, -0.1) is 0 Å². The number of fused-ring (bicyclic) bond motifs is 2. The predicted molar refractivity (Wildman–Crippen MR) is 104 cm³/mol. The zero-order valence-corrected chi connectivity index (χ0v) is 15.3. The number of non-ortho nitro benzene ring substituents is 1. The molecule has 1 aliphatic heterocycles. The standard InChI is InChI=1S/C21H14F2N2O5/c22-15-5-3-11(7-16(15)23)1-2-12-4-6-18-17(8-12)24-20-14(21(26)27)9-13(25(28)29)10-19(20)30-18/h3-10,24H,1-2H2,(H,26,27). The van der Waals surface area contributed by atoms with Crippen LogP contribution in [0.4, 0.5) is 25.8 Å². The van der Waals surface area contributed by atoms with Crippen LogP contribution in [-0.4, -0.2) is 16.0 Å². The zero-order valence-electron chi connectivity index (χ0n) is 15.3. The Bertz CT molecular complexity index is 1200. The number of aromatic carboxylic acids is 1. The van der Waals surface area contributed by atoms with Crippen LogP contribution in [0.2, 0.25) is 0 Å². The average Bonchev–Trinajstić information content (AvgIpc) is 2.72. The molecule has 3 aromatic rings. The van der Waals surface area contributed by atoms with Crippen LogP contribution in [-0.2, 0) is 12.8 Å². The van der Waals surface area contributed by atoms with Crippen LogP contribution in [0.15, 0.2) is 48.5 Å². The zero-order chi connectivity index (χ0) is 21.4. The highest BCUT2D eigenvalue weighted by Gasteiger charge is 2.26. The third-order valence-corrected chi connectivity index (χ3v) is 4.74. The number of rotatable bonds is 5. The van der Waals surface area contributed by atoms with Crippen molar-refractivity contribution in [3.63, 3.8) is 0 Å². The number of nitrogens with one attached hydrogen (secondary N) is 1. The van der Waals surface area contributed by atoms with Crippen molar-refractivity contribution in [1.82, 2.24) is 0 Å². The first-order chi connectivity index (χ1) is 14.3. The number of carboxylic acids is 1. The monoisotopic (exact) mass is 412 g/mol. The molecule has 0 aliphatic carbocycles. The van der Waals surface area contributed by atoms with Crippen molar-refractivity contribution in [2.24, 2.45) is 0 Å². The summed E-state index contributed by atoms with van der Waals surface area (Å²) in [6, 6.07) is 11.1. The third-order valence-electron chi connectivity index (χ3n) is 4.74. The van der Waals surface area contributed by atoms with E-state index in [9.17, 15) is 28.8 Å². The molecule has 2 N–H and O–H groups in total. The number of aryl methyl sites for hydroxylation is 2. The summed E-state index contributed by atoms with van der Waals surface area (Å²) in [5.74, 6) is -2.70. The number of hydrogen-bond acceptors (Lipinski definition) is 5. The maximum Gasteiger partial charge on any atom is 0.338 e. The van der Waals surface area contributed by atoms with Gasteiger partial charge in [-0.1, -0.05) is 12.1 Å². The number of nitro benzene ring substituents is 1. The molecule has 0 bridgehead atoms. The lowest BCUT2D eigenvalue weighted by Gasteiger charge is -2.23. The molecular weight excluding hydrogens is 398 g/mol. The van der Waals surface area contributed by atoms with Crippen LogP contribution < -0.4 is 10.1 Å². The smallest absolute Gasteiger partial charge is 0.338 e. The summed E-state index contributed by atoms with van der Waals surface area (Å²) >= 11 is 0. The van der Waals surface area contributed by atoms with E-state index in [1.807, 2.05) is 0 Å². The molecule has 0 radical (unpaired) electrons. The van der Waals surface area contributed by atoms with E-state index in [1.165, 1.54) is 6.07 Å². The lowest BCUT2D eigenvalue weighted by Crippen LogP contribution is -2.10. The van der Waals surface area contributed by atoms with Crippen LogP contribution in [0.25, 0.3) is 0 Å². The topological polar surface area (TPSA) is 102 Å². The molecule has 3 aromatic carbocycles. The number of hydrogen-bond donors (Lipinski definition) is 2. The molecule has 0 atom stereocenters. The molecule has 152 valence electrons. The fourth-order valence-electron chi connectivity index (χ4n) is 3.24. The van der Waals surface area contributed by atoms with Crippen molar-refractivity contribution in [3.05, 3.63) is 87.0 Å². The molecule has 9 heteroatoms. The highest BCUT2D eigenvalue weighted by molar-refractivity contribution is 5.99. The largest absolute Gasteiger partial charge is 0.478 e. The second kappa shape index (κ2) is 7.43. The number of nitrogens with zero attached hydrogens (tertiary/aromatic N) is 1. The molecular formula is C21H14F2N2O5. The number of nitro groups is 1. The van der Waals surface area contributed by atoms with Crippen LogP contribution >= 0.6 is 0 Å². The Labute approximate surface area is 168 Å². The van der Waals surface area contributed by atoms with E-state index in [2.05, 4.69) is 5.32 Å². The molecule has 4 rings (SSSR count). The Hall–Kier alpha value is -4.01. The number of carboxylic acid groups (broad SMARTS) is 1. The fraction of sp³-hybridized carbons (Fsp3) is 0.0952. The van der Waals surface area contributed by atoms with Gasteiger partial charge in [-0.3, -0.25) is 10.1 Å². The molecule has 0 spiro atoms. The Morgan fingerprint density at radius 2 is 1.70 bits per heavy atom. The fourth-order valence-corrected chi connectivity index (χ4v) is 3.24. The molecule has 0 saturated heterocycles. The average molecular weight is 412 g/mol. The summed E-state index contributed by atoms with van der Waals surface area (Å²) in [6.45, 7) is 0. The van der Waals surface area contributed by atoms with Gasteiger partial charge < -0.3 is 15.2 Å². The lowest BCUT2D eigenvalue weighted by atomic mass is 10.0. The Morgan fingerprint density at radius 1 is 1.00 bits per heavy atom. The number of benzene rings is 3. The van der Waals surface area contributed by atoms with E-state index in [0.717, 1.165) is 29.8 Å². The van der Waals surface area contributed by atoms with Gasteiger partial charge in [0.25, 0.3) is 5.69 Å². The van der Waals surface area contributed by atoms with E-state index in [-0.39, 0.29) is 22.7 Å². The molecule has 0 amide bonds. The summed E-state index contributed by atoms with van der Waals surface area (Å²) < 4.78 is 32.1. The maximum atomic E-state index is 13.4. The number of ether oxygens (including phenoxy) is 1. The first-order valence-electron chi connectivity index (χ1n) is 8.89. The van der Waals surface area contributed by atoms with Crippen LogP contribution in [0.3, 0.4) is 0 Å². The molecule has 0 aromatic heterocycles. The molecule has 0 fully saturated rings. The number of anilines is 2. The maximum absolute atomic E-state index is 13.4. The summed E-state index contributed by atoms with van der Waals surface area (Å²) in [6.07, 6.45) is 0.999. The minimum Gasteiger partial charge on any atom is -0.478 e. The normalized spacial score (nSPS) is 11.7. The predicted octanol–water partition coefficient (Wildman–Crippen LogP) is 5.21. The van der Waals surface area contributed by atoms with Gasteiger partial charge in [0.1, 0.15) is 0 Å². The van der Waals surface area contributed by atoms with Crippen LogP contribution in [0.5, 0.6) is 11.5 Å². The highest BCUT2D eigenvalue weighted by atomic mass is 19.2. The second-order valence-electron chi connectivity index (χ2n) is 6.73. The molecule has 7 nitrogen and oxygen atoms in total. The third kappa shape index (κ3) is 3.64. The Morgan fingerprint density at radius 3 is 2.37 bits per heavy atom. The Balaban J connectivity index is 1.60. The summed E-state index contributed by atoms with van der Waals surface area (Å²) in [5, 5.41) is 23.5. The van der Waals surface area contributed by atoms with Crippen molar-refractivity contribution < 1.29 is 28.3 Å². The second-order valence-corrected chi connectivity index (χ2v) is 6.73. The van der Waals surface area contributed by atoms with E-state index >= 15 is 0 Å². The van der Waals surface area contributed by atoms with Gasteiger partial charge in [0.2, 0.25) is 0 Å². The van der Waals surface area contributed by atoms with Crippen molar-refractivity contribution in [2.75, 3.05) is 5.32 Å². The Kier molecular flexibility index (Phi) is 4.78. The van der Waals surface area contributed by atoms with Crippen LogP contribution in [0.1, 0.15) is 21.5 Å². The minimum absolute atomic E-state index is 0.0450. The minimum atomic E-state index is -1.33. The van der Waals surface area contributed by atoms with Crippen LogP contribution in [0, 0.1) is 21.7 Å². The molecule has 0 saturated carbocycles. The molecule has 0 unspecified atom stereocenters. The van der Waals surface area contributed by atoms with Gasteiger partial charge in [0.15, 0.2) is 23.1 Å². The quantitative estimate of drug-likeness (QED) is 0.345. The SMILES string of the molecule is O=C(O)c1cc([N+](=O)[O-])cc2c1Nc1cc(CCc3ccc(F)c(F)c3)ccc1O2. The highest BCUT2D eigenvalue weighted by Crippen LogP contribution is 2.45. The number of halogens is 2. The molecule has 30 heavy (non-hydrogen) atoms. The number of carbonyl (C=O) groups is 1. The van der Waals surface area contributed by atoms with Crippen molar-refractivity contribution >= 4 is 23.0 Å². The van der Waals surface area contributed by atoms with Crippen molar-refractivity contribution in [2.45, 2.75) is 12.8 Å². The van der Waals surface area contributed by atoms with Gasteiger partial charge in [-0.05, 0) is 48.2 Å². The van der Waals surface area contributed by atoms with Gasteiger partial charge in [-0.25, -0.2) is 13.6 Å². The van der Waals surface area contributed by atoms with E-state index in [0.29, 0.717) is 29.8 Å². The molecule has 1 aliphatic rings.